The molecule has 2 unspecified atom stereocenters. The van der Waals surface area contributed by atoms with E-state index >= 15 is 0 Å². The van der Waals surface area contributed by atoms with Crippen LogP contribution in [-0.4, -0.2) is 81.4 Å². The van der Waals surface area contributed by atoms with Crippen molar-refractivity contribution in [3.05, 3.63) is 64.9 Å². The van der Waals surface area contributed by atoms with Gasteiger partial charge in [0.25, 0.3) is 5.91 Å². The first-order chi connectivity index (χ1) is 17.6. The van der Waals surface area contributed by atoms with Crippen LogP contribution in [0, 0.1) is 11.8 Å². The molecular formula is C23H22ClF6N3O5. The van der Waals surface area contributed by atoms with E-state index in [0.717, 1.165) is 43.3 Å². The van der Waals surface area contributed by atoms with E-state index < -0.39 is 24.3 Å². The maximum Gasteiger partial charge on any atom is 0.490 e. The van der Waals surface area contributed by atoms with Crippen LogP contribution in [0.5, 0.6) is 0 Å². The van der Waals surface area contributed by atoms with Crippen molar-refractivity contribution in [1.82, 2.24) is 14.8 Å². The van der Waals surface area contributed by atoms with Gasteiger partial charge in [-0.15, -0.1) is 0 Å². The fourth-order valence-corrected chi connectivity index (χ4v) is 4.13. The van der Waals surface area contributed by atoms with Gasteiger partial charge in [0.2, 0.25) is 0 Å². The number of hydrogen-bond donors (Lipinski definition) is 2. The highest BCUT2D eigenvalue weighted by molar-refractivity contribution is 6.31. The molecule has 2 aliphatic heterocycles. The Bertz CT molecular complexity index is 1080. The van der Waals surface area contributed by atoms with Crippen molar-refractivity contribution in [3.63, 3.8) is 0 Å². The lowest BCUT2D eigenvalue weighted by Crippen LogP contribution is -2.33. The number of halogens is 7. The molecule has 0 aliphatic carbocycles. The summed E-state index contributed by atoms with van der Waals surface area (Å²) >= 11 is 6.27. The van der Waals surface area contributed by atoms with Crippen LogP contribution in [0.15, 0.2) is 48.8 Å². The Labute approximate surface area is 217 Å². The number of carbonyl (C=O) groups excluding carboxylic acids is 1. The van der Waals surface area contributed by atoms with Gasteiger partial charge in [0.05, 0.1) is 0 Å². The molecule has 2 N–H and O–H groups in total. The van der Waals surface area contributed by atoms with Crippen LogP contribution in [-0.2, 0) is 16.1 Å². The van der Waals surface area contributed by atoms with E-state index in [2.05, 4.69) is 16.0 Å². The summed E-state index contributed by atoms with van der Waals surface area (Å²) in [5.74, 6) is -4.25. The number of aromatic nitrogens is 1. The zero-order valence-electron chi connectivity index (χ0n) is 19.4. The van der Waals surface area contributed by atoms with Gasteiger partial charge >= 0.3 is 24.3 Å². The highest BCUT2D eigenvalue weighted by atomic mass is 35.5. The predicted molar refractivity (Wildman–Crippen MR) is 121 cm³/mol. The number of aliphatic carboxylic acids is 2. The summed E-state index contributed by atoms with van der Waals surface area (Å²) < 4.78 is 63.5. The van der Waals surface area contributed by atoms with Crippen LogP contribution in [0.3, 0.4) is 0 Å². The lowest BCUT2D eigenvalue weighted by molar-refractivity contribution is -0.193. The molecule has 2 aromatic rings. The van der Waals surface area contributed by atoms with E-state index in [9.17, 15) is 31.1 Å². The van der Waals surface area contributed by atoms with Gasteiger partial charge in [-0.05, 0) is 35.6 Å². The van der Waals surface area contributed by atoms with Crippen LogP contribution in [0.2, 0.25) is 5.02 Å². The SMILES string of the molecule is O=C(O)C(F)(F)F.O=C(O)C(F)(F)F.O=C(c1ccncc1)N1CC2CN(Cc3ccccc3Cl)CC2C1. The average molecular weight is 570 g/mol. The van der Waals surface area contributed by atoms with E-state index in [1.165, 1.54) is 5.56 Å². The Morgan fingerprint density at radius 3 is 1.71 bits per heavy atom. The third-order valence-corrected chi connectivity index (χ3v) is 5.98. The second-order valence-corrected chi connectivity index (χ2v) is 8.76. The largest absolute Gasteiger partial charge is 0.490 e. The van der Waals surface area contributed by atoms with Crippen LogP contribution >= 0.6 is 11.6 Å². The number of nitrogens with zero attached hydrogens (tertiary/aromatic N) is 3. The number of alkyl halides is 6. The van der Waals surface area contributed by atoms with Crippen LogP contribution in [0.4, 0.5) is 26.3 Å². The molecule has 0 saturated carbocycles. The summed E-state index contributed by atoms with van der Waals surface area (Å²) in [5, 5.41) is 15.1. The zero-order valence-corrected chi connectivity index (χ0v) is 20.2. The summed E-state index contributed by atoms with van der Waals surface area (Å²) in [5.41, 5.74) is 1.92. The van der Waals surface area contributed by atoms with Crippen molar-refractivity contribution in [1.29, 1.82) is 0 Å². The van der Waals surface area contributed by atoms with Gasteiger partial charge in [-0.2, -0.15) is 26.3 Å². The van der Waals surface area contributed by atoms with Crippen LogP contribution in [0.25, 0.3) is 0 Å². The number of hydrogen-bond acceptors (Lipinski definition) is 5. The summed E-state index contributed by atoms with van der Waals surface area (Å²) in [6, 6.07) is 11.6. The molecule has 8 nitrogen and oxygen atoms in total. The smallest absolute Gasteiger partial charge is 0.475 e. The molecule has 1 aromatic carbocycles. The fourth-order valence-electron chi connectivity index (χ4n) is 3.93. The first kappa shape index (κ1) is 30.8. The van der Waals surface area contributed by atoms with Crippen molar-refractivity contribution < 1.29 is 50.9 Å². The third-order valence-electron chi connectivity index (χ3n) is 5.61. The molecular weight excluding hydrogens is 548 g/mol. The van der Waals surface area contributed by atoms with Crippen molar-refractivity contribution in [2.24, 2.45) is 11.8 Å². The second-order valence-electron chi connectivity index (χ2n) is 8.36. The molecule has 4 rings (SSSR count). The third kappa shape index (κ3) is 9.17. The predicted octanol–water partition coefficient (Wildman–Crippen LogP) is 4.21. The minimum absolute atomic E-state index is 0.129. The van der Waals surface area contributed by atoms with Crippen molar-refractivity contribution in [3.8, 4) is 0 Å². The number of carbonyl (C=O) groups is 3. The number of rotatable bonds is 3. The summed E-state index contributed by atoms with van der Waals surface area (Å²) in [6.07, 6.45) is -6.81. The molecule has 1 amide bonds. The second kappa shape index (κ2) is 12.9. The maximum atomic E-state index is 12.6. The number of carboxylic acids is 2. The Balaban J connectivity index is 0.000000301. The highest BCUT2D eigenvalue weighted by Crippen LogP contribution is 2.33. The van der Waals surface area contributed by atoms with Gasteiger partial charge in [0.1, 0.15) is 0 Å². The number of likely N-dealkylation sites (tertiary alicyclic amines) is 2. The highest BCUT2D eigenvalue weighted by Gasteiger charge is 2.42. The van der Waals surface area contributed by atoms with E-state index in [4.69, 9.17) is 31.4 Å². The quantitative estimate of drug-likeness (QED) is 0.533. The number of pyridine rings is 1. The number of benzene rings is 1. The molecule has 1 aromatic heterocycles. The standard InChI is InChI=1S/C19H20ClN3O.2C2HF3O2/c20-18-4-2-1-3-15(18)9-22-10-16-12-23(13-17(16)11-22)19(24)14-5-7-21-8-6-14;2*3-2(4,5)1(6)7/h1-8,16-17H,9-13H2;2*(H,6,7). The molecule has 38 heavy (non-hydrogen) atoms. The van der Waals surface area contributed by atoms with Gasteiger partial charge < -0.3 is 15.1 Å². The van der Waals surface area contributed by atoms with Crippen molar-refractivity contribution in [2.75, 3.05) is 26.2 Å². The van der Waals surface area contributed by atoms with Gasteiger partial charge in [-0.25, -0.2) is 9.59 Å². The lowest BCUT2D eigenvalue weighted by Gasteiger charge is -2.22. The molecule has 0 bridgehead atoms. The first-order valence-corrected chi connectivity index (χ1v) is 11.2. The Kier molecular flexibility index (Phi) is 10.5. The van der Waals surface area contributed by atoms with E-state index in [-0.39, 0.29) is 5.91 Å². The van der Waals surface area contributed by atoms with E-state index in [1.54, 1.807) is 24.5 Å². The molecule has 0 spiro atoms. The minimum Gasteiger partial charge on any atom is -0.475 e. The number of amides is 1. The lowest BCUT2D eigenvalue weighted by atomic mass is 10.0. The molecule has 0 radical (unpaired) electrons. The van der Waals surface area contributed by atoms with Gasteiger partial charge in [0.15, 0.2) is 0 Å². The normalized spacial score (nSPS) is 19.0. The van der Waals surface area contributed by atoms with Crippen molar-refractivity contribution in [2.45, 2.75) is 18.9 Å². The average Bonchev–Trinajstić information content (AvgIpc) is 3.39. The van der Waals surface area contributed by atoms with Crippen molar-refractivity contribution >= 4 is 29.4 Å². The molecule has 15 heteroatoms. The Morgan fingerprint density at radius 2 is 1.29 bits per heavy atom. The van der Waals surface area contributed by atoms with E-state index in [1.807, 2.05) is 23.1 Å². The Morgan fingerprint density at radius 1 is 0.842 bits per heavy atom. The van der Waals surface area contributed by atoms with E-state index in [0.29, 0.717) is 11.8 Å². The number of carboxylic acid groups (broad SMARTS) is 2. The zero-order chi connectivity index (χ0) is 28.7. The molecule has 2 fully saturated rings. The Hall–Kier alpha value is -3.39. The summed E-state index contributed by atoms with van der Waals surface area (Å²) in [6.45, 7) is 4.67. The first-order valence-electron chi connectivity index (χ1n) is 10.8. The number of fused-ring (bicyclic) bond motifs is 1. The molecule has 2 aliphatic rings. The molecule has 3 heterocycles. The van der Waals surface area contributed by atoms with Gasteiger partial charge in [-0.3, -0.25) is 14.7 Å². The molecule has 208 valence electrons. The summed E-state index contributed by atoms with van der Waals surface area (Å²) in [7, 11) is 0. The fraction of sp³-hybridized carbons (Fsp3) is 0.391. The minimum atomic E-state index is -5.08. The van der Waals surface area contributed by atoms with Crippen LogP contribution in [0.1, 0.15) is 15.9 Å². The van der Waals surface area contributed by atoms with Gasteiger partial charge in [-0.1, -0.05) is 29.8 Å². The monoisotopic (exact) mass is 569 g/mol. The maximum absolute atomic E-state index is 12.6. The van der Waals surface area contributed by atoms with Crippen LogP contribution < -0.4 is 0 Å². The molecule has 2 atom stereocenters. The topological polar surface area (TPSA) is 111 Å². The summed E-state index contributed by atoms with van der Waals surface area (Å²) in [4.78, 5) is 38.8. The van der Waals surface area contributed by atoms with Gasteiger partial charge in [0, 0.05) is 55.7 Å². The molecule has 2 saturated heterocycles.